The number of rotatable bonds is 3. The summed E-state index contributed by atoms with van der Waals surface area (Å²) in [5.74, 6) is 0.933. The minimum Gasteiger partial charge on any atom is -0.250 e. The first-order valence-electron chi connectivity index (χ1n) is 7.84. The van der Waals surface area contributed by atoms with Crippen LogP contribution in [0.1, 0.15) is 55.0 Å². The summed E-state index contributed by atoms with van der Waals surface area (Å²) in [7, 11) is 0. The Labute approximate surface area is 142 Å². The van der Waals surface area contributed by atoms with Gasteiger partial charge in [-0.15, -0.1) is 0 Å². The molecule has 0 spiro atoms. The van der Waals surface area contributed by atoms with Crippen molar-refractivity contribution < 1.29 is 13.2 Å². The zero-order valence-corrected chi connectivity index (χ0v) is 13.7. The molecule has 1 aliphatic carbocycles. The molecule has 8 heteroatoms. The fraction of sp³-hybridized carbons (Fsp3) is 0.438. The van der Waals surface area contributed by atoms with Crippen LogP contribution >= 0.6 is 12.2 Å². The SMILES string of the molecule is FC(F)(F)c1ccccc1C=Nn1c(C2CCCCC2)n[nH]c1=S. The summed E-state index contributed by atoms with van der Waals surface area (Å²) in [5.41, 5.74) is -0.717. The van der Waals surface area contributed by atoms with E-state index in [0.717, 1.165) is 31.7 Å². The van der Waals surface area contributed by atoms with E-state index in [-0.39, 0.29) is 16.3 Å². The van der Waals surface area contributed by atoms with Gasteiger partial charge in [-0.3, -0.25) is 5.10 Å². The fourth-order valence-electron chi connectivity index (χ4n) is 3.03. The van der Waals surface area contributed by atoms with Gasteiger partial charge in [-0.1, -0.05) is 37.5 Å². The molecule has 0 saturated heterocycles. The lowest BCUT2D eigenvalue weighted by molar-refractivity contribution is -0.137. The van der Waals surface area contributed by atoms with E-state index in [1.807, 2.05) is 0 Å². The minimum absolute atomic E-state index is 0.00249. The van der Waals surface area contributed by atoms with Gasteiger partial charge >= 0.3 is 6.18 Å². The van der Waals surface area contributed by atoms with Crippen molar-refractivity contribution in [3.8, 4) is 0 Å². The number of hydrogen-bond donors (Lipinski definition) is 1. The molecule has 1 aliphatic rings. The Bertz CT molecular complexity index is 785. The Morgan fingerprint density at radius 1 is 1.21 bits per heavy atom. The van der Waals surface area contributed by atoms with Gasteiger partial charge in [0.1, 0.15) is 0 Å². The van der Waals surface area contributed by atoms with Gasteiger partial charge < -0.3 is 0 Å². The second kappa shape index (κ2) is 6.88. The zero-order chi connectivity index (χ0) is 17.2. The molecule has 0 radical (unpaired) electrons. The molecule has 4 nitrogen and oxygen atoms in total. The smallest absolute Gasteiger partial charge is 0.250 e. The lowest BCUT2D eigenvalue weighted by Gasteiger charge is -2.19. The first-order valence-corrected chi connectivity index (χ1v) is 8.25. The summed E-state index contributed by atoms with van der Waals surface area (Å²) >= 11 is 5.17. The first kappa shape index (κ1) is 16.9. The van der Waals surface area contributed by atoms with E-state index < -0.39 is 11.7 Å². The lowest BCUT2D eigenvalue weighted by Crippen LogP contribution is -2.11. The third-order valence-corrected chi connectivity index (χ3v) is 4.49. The predicted molar refractivity (Wildman–Crippen MR) is 87.7 cm³/mol. The Hall–Kier alpha value is -1.96. The van der Waals surface area contributed by atoms with Crippen molar-refractivity contribution in [3.63, 3.8) is 0 Å². The number of H-pyrrole nitrogens is 1. The average Bonchev–Trinajstić information content (AvgIpc) is 2.94. The van der Waals surface area contributed by atoms with Crippen LogP contribution in [-0.4, -0.2) is 21.1 Å². The van der Waals surface area contributed by atoms with E-state index in [4.69, 9.17) is 12.2 Å². The molecule has 0 unspecified atom stereocenters. The summed E-state index contributed by atoms with van der Waals surface area (Å²) in [6.07, 6.45) is 2.19. The van der Waals surface area contributed by atoms with E-state index in [1.54, 1.807) is 6.07 Å². The number of benzene rings is 1. The molecule has 1 heterocycles. The number of aromatic nitrogens is 3. The first-order chi connectivity index (χ1) is 11.5. The highest BCUT2D eigenvalue weighted by Crippen LogP contribution is 2.32. The number of aromatic amines is 1. The van der Waals surface area contributed by atoms with Gasteiger partial charge in [0.25, 0.3) is 0 Å². The Balaban J connectivity index is 1.94. The highest BCUT2D eigenvalue weighted by Gasteiger charge is 2.32. The van der Waals surface area contributed by atoms with Crippen LogP contribution in [0.15, 0.2) is 29.4 Å². The van der Waals surface area contributed by atoms with Crippen LogP contribution in [0, 0.1) is 4.77 Å². The van der Waals surface area contributed by atoms with Crippen LogP contribution in [0.4, 0.5) is 13.2 Å². The van der Waals surface area contributed by atoms with Gasteiger partial charge in [-0.05, 0) is 31.1 Å². The molecule has 128 valence electrons. The molecule has 0 aliphatic heterocycles. The average molecular weight is 354 g/mol. The van der Waals surface area contributed by atoms with Crippen molar-refractivity contribution in [1.29, 1.82) is 0 Å². The molecular weight excluding hydrogens is 337 g/mol. The van der Waals surface area contributed by atoms with Gasteiger partial charge in [-0.2, -0.15) is 28.0 Å². The van der Waals surface area contributed by atoms with Crippen molar-refractivity contribution in [2.24, 2.45) is 5.10 Å². The number of nitrogens with one attached hydrogen (secondary N) is 1. The van der Waals surface area contributed by atoms with Crippen LogP contribution in [-0.2, 0) is 6.18 Å². The second-order valence-electron chi connectivity index (χ2n) is 5.86. The monoisotopic (exact) mass is 354 g/mol. The summed E-state index contributed by atoms with van der Waals surface area (Å²) < 4.78 is 40.9. The normalized spacial score (nSPS) is 16.8. The number of nitrogens with zero attached hydrogens (tertiary/aromatic N) is 3. The molecule has 1 saturated carbocycles. The van der Waals surface area contributed by atoms with Crippen molar-refractivity contribution in [3.05, 3.63) is 46.0 Å². The predicted octanol–water partition coefficient (Wildman–Crippen LogP) is 4.89. The molecule has 0 bridgehead atoms. The molecule has 1 fully saturated rings. The van der Waals surface area contributed by atoms with Crippen molar-refractivity contribution >= 4 is 18.4 Å². The fourth-order valence-corrected chi connectivity index (χ4v) is 3.21. The summed E-state index contributed by atoms with van der Waals surface area (Å²) in [5, 5.41) is 11.1. The van der Waals surface area contributed by atoms with E-state index in [2.05, 4.69) is 15.3 Å². The maximum absolute atomic E-state index is 13.1. The third-order valence-electron chi connectivity index (χ3n) is 4.22. The second-order valence-corrected chi connectivity index (χ2v) is 6.25. The lowest BCUT2D eigenvalue weighted by atomic mass is 9.89. The van der Waals surface area contributed by atoms with Crippen LogP contribution in [0.5, 0.6) is 0 Å². The van der Waals surface area contributed by atoms with Gasteiger partial charge in [0.05, 0.1) is 11.8 Å². The van der Waals surface area contributed by atoms with E-state index >= 15 is 0 Å². The van der Waals surface area contributed by atoms with Crippen molar-refractivity contribution in [2.45, 2.75) is 44.2 Å². The van der Waals surface area contributed by atoms with Gasteiger partial charge in [0.15, 0.2) is 5.82 Å². The van der Waals surface area contributed by atoms with Crippen molar-refractivity contribution in [1.82, 2.24) is 14.9 Å². The highest BCUT2D eigenvalue weighted by molar-refractivity contribution is 7.71. The molecule has 1 aromatic heterocycles. The van der Waals surface area contributed by atoms with Gasteiger partial charge in [0, 0.05) is 11.5 Å². The molecule has 0 atom stereocenters. The number of halogens is 3. The largest absolute Gasteiger partial charge is 0.417 e. The Kier molecular flexibility index (Phi) is 4.84. The maximum Gasteiger partial charge on any atom is 0.417 e. The van der Waals surface area contributed by atoms with E-state index in [9.17, 15) is 13.2 Å². The van der Waals surface area contributed by atoms with Crippen LogP contribution in [0.3, 0.4) is 0 Å². The molecule has 1 N–H and O–H groups in total. The Morgan fingerprint density at radius 3 is 2.62 bits per heavy atom. The minimum atomic E-state index is -4.42. The summed E-state index contributed by atoms with van der Waals surface area (Å²) in [6, 6.07) is 5.33. The zero-order valence-electron chi connectivity index (χ0n) is 12.9. The number of alkyl halides is 3. The van der Waals surface area contributed by atoms with Crippen LogP contribution in [0.25, 0.3) is 0 Å². The van der Waals surface area contributed by atoms with Crippen LogP contribution in [0.2, 0.25) is 0 Å². The quantitative estimate of drug-likeness (QED) is 0.630. The maximum atomic E-state index is 13.1. The number of hydrogen-bond acceptors (Lipinski definition) is 3. The van der Waals surface area contributed by atoms with Crippen molar-refractivity contribution in [2.75, 3.05) is 0 Å². The molecular formula is C16H17F3N4S. The van der Waals surface area contributed by atoms with Gasteiger partial charge in [0.2, 0.25) is 4.77 Å². The van der Waals surface area contributed by atoms with Gasteiger partial charge in [-0.25, -0.2) is 0 Å². The van der Waals surface area contributed by atoms with E-state index in [0.29, 0.717) is 5.82 Å². The third kappa shape index (κ3) is 3.58. The van der Waals surface area contributed by atoms with E-state index in [1.165, 1.54) is 29.4 Å². The molecule has 24 heavy (non-hydrogen) atoms. The molecule has 3 rings (SSSR count). The molecule has 2 aromatic rings. The Morgan fingerprint density at radius 2 is 1.92 bits per heavy atom. The van der Waals surface area contributed by atoms with Crippen LogP contribution < -0.4 is 0 Å². The molecule has 1 aromatic carbocycles. The highest BCUT2D eigenvalue weighted by atomic mass is 32.1. The summed E-state index contributed by atoms with van der Waals surface area (Å²) in [4.78, 5) is 0. The molecule has 0 amide bonds. The topological polar surface area (TPSA) is 46.0 Å². The summed E-state index contributed by atoms with van der Waals surface area (Å²) in [6.45, 7) is 0. The standard InChI is InChI=1S/C16H17F3N4S/c17-16(18,19)13-9-5-4-8-12(13)10-20-23-14(21-22-15(23)24)11-6-2-1-3-7-11/h4-5,8-11H,1-3,6-7H2,(H,22,24).